The monoisotopic (exact) mass is 456 g/mol. The first-order valence-electron chi connectivity index (χ1n) is 11.8. The molecule has 0 radical (unpaired) electrons. The summed E-state index contributed by atoms with van der Waals surface area (Å²) in [5.74, 6) is -1.95. The highest BCUT2D eigenvalue weighted by Gasteiger charge is 2.92. The van der Waals surface area contributed by atoms with Gasteiger partial charge in [0.25, 0.3) is 0 Å². The lowest BCUT2D eigenvalue weighted by Crippen LogP contribution is -2.54. The van der Waals surface area contributed by atoms with E-state index in [4.69, 9.17) is 23.4 Å². The van der Waals surface area contributed by atoms with Gasteiger partial charge in [0, 0.05) is 35.8 Å². The molecule has 1 aromatic rings. The van der Waals surface area contributed by atoms with Gasteiger partial charge in [0.1, 0.15) is 22.7 Å². The Bertz CT molecular complexity index is 1110. The Morgan fingerprint density at radius 3 is 2.67 bits per heavy atom. The second kappa shape index (κ2) is 5.56. The Kier molecular flexibility index (Phi) is 3.41. The second-order valence-corrected chi connectivity index (χ2v) is 11.6. The first-order chi connectivity index (χ1) is 15.5. The van der Waals surface area contributed by atoms with Crippen LogP contribution in [0.4, 0.5) is 0 Å². The molecule has 7 rings (SSSR count). The molecule has 5 heterocycles. The van der Waals surface area contributed by atoms with Crippen molar-refractivity contribution in [1.29, 1.82) is 0 Å². The fraction of sp³-hybridized carbons (Fsp3) is 0.680. The Labute approximate surface area is 191 Å². The van der Waals surface area contributed by atoms with Crippen molar-refractivity contribution in [1.82, 2.24) is 0 Å². The van der Waals surface area contributed by atoms with Gasteiger partial charge in [-0.15, -0.1) is 0 Å². The summed E-state index contributed by atoms with van der Waals surface area (Å²) >= 11 is 0. The minimum atomic E-state index is -1.38. The van der Waals surface area contributed by atoms with Crippen LogP contribution in [-0.4, -0.2) is 45.7 Å². The van der Waals surface area contributed by atoms with Crippen LogP contribution in [0.15, 0.2) is 35.2 Å². The first-order valence-corrected chi connectivity index (χ1v) is 11.8. The largest absolute Gasteiger partial charge is 0.472 e. The fourth-order valence-corrected chi connectivity index (χ4v) is 8.31. The summed E-state index contributed by atoms with van der Waals surface area (Å²) in [6, 6.07) is 1.83. The summed E-state index contributed by atoms with van der Waals surface area (Å²) in [5.41, 5.74) is -3.47. The maximum atomic E-state index is 13.3. The van der Waals surface area contributed by atoms with Crippen LogP contribution in [0.2, 0.25) is 0 Å². The number of esters is 2. The molecule has 0 unspecified atom stereocenters. The molecule has 1 N–H and O–H groups in total. The second-order valence-electron chi connectivity index (χ2n) is 11.6. The fourth-order valence-electron chi connectivity index (χ4n) is 8.31. The zero-order chi connectivity index (χ0) is 23.1. The number of hydrogen-bond donors (Lipinski definition) is 1. The minimum absolute atomic E-state index is 0.174. The van der Waals surface area contributed by atoms with E-state index in [1.165, 1.54) is 6.08 Å². The van der Waals surface area contributed by atoms with Crippen molar-refractivity contribution in [3.8, 4) is 0 Å². The SMILES string of the molecule is CC1(C)O[C@]2(C[C@H]1[C@]1(C)C=CC(=O)O1)C[C@]1(O)[C@H](CC[C@]34C[C@@]31C(=O)O[C@@H]4c1ccoc1)O2. The minimum Gasteiger partial charge on any atom is -0.472 e. The van der Waals surface area contributed by atoms with Gasteiger partial charge in [-0.25, -0.2) is 4.79 Å². The van der Waals surface area contributed by atoms with Gasteiger partial charge in [-0.2, -0.15) is 0 Å². The topological polar surface area (TPSA) is 104 Å². The molecule has 2 saturated carbocycles. The van der Waals surface area contributed by atoms with E-state index in [1.807, 2.05) is 26.8 Å². The number of carbonyl (C=O) groups excluding carboxylic acids is 2. The van der Waals surface area contributed by atoms with Crippen molar-refractivity contribution in [2.75, 3.05) is 0 Å². The maximum Gasteiger partial charge on any atom is 0.331 e. The lowest BCUT2D eigenvalue weighted by atomic mass is 9.65. The molecular weight excluding hydrogens is 428 g/mol. The van der Waals surface area contributed by atoms with Crippen LogP contribution in [0.3, 0.4) is 0 Å². The van der Waals surface area contributed by atoms with Crippen molar-refractivity contribution in [2.24, 2.45) is 16.7 Å². The molecule has 8 heteroatoms. The van der Waals surface area contributed by atoms with Crippen molar-refractivity contribution in [3.05, 3.63) is 36.3 Å². The van der Waals surface area contributed by atoms with E-state index in [-0.39, 0.29) is 24.3 Å². The van der Waals surface area contributed by atoms with Crippen LogP contribution in [0, 0.1) is 16.7 Å². The van der Waals surface area contributed by atoms with Gasteiger partial charge in [0.2, 0.25) is 0 Å². The molecule has 3 saturated heterocycles. The standard InChI is InChI=1S/C25H28O8/c1-20(2)15(21(3)7-5-17(26)32-21)10-23(33-20)13-25(28)16(31-23)4-8-22-12-24(22,25)19(27)30-18(22)14-6-9-29-11-14/h5-7,9,11,15-16,18,28H,4,8,10,12-13H2,1-3H3/t15-,16+,18-,21+,22-,23-,24-,25+/m1/s1. The van der Waals surface area contributed by atoms with Gasteiger partial charge in [-0.1, -0.05) is 0 Å². The van der Waals surface area contributed by atoms with Crippen molar-refractivity contribution in [3.63, 3.8) is 0 Å². The van der Waals surface area contributed by atoms with E-state index >= 15 is 0 Å². The number of hydrogen-bond acceptors (Lipinski definition) is 8. The van der Waals surface area contributed by atoms with Crippen LogP contribution >= 0.6 is 0 Å². The van der Waals surface area contributed by atoms with Crippen LogP contribution in [-0.2, 0) is 28.5 Å². The van der Waals surface area contributed by atoms with E-state index in [9.17, 15) is 14.7 Å². The molecule has 0 bridgehead atoms. The Morgan fingerprint density at radius 1 is 1.15 bits per heavy atom. The number of aliphatic hydroxyl groups is 1. The molecule has 8 atom stereocenters. The van der Waals surface area contributed by atoms with Crippen LogP contribution in [0.5, 0.6) is 0 Å². The third-order valence-electron chi connectivity index (χ3n) is 9.61. The Morgan fingerprint density at radius 2 is 1.97 bits per heavy atom. The number of fused-ring (bicyclic) bond motifs is 1. The van der Waals surface area contributed by atoms with E-state index < -0.39 is 45.6 Å². The molecule has 1 aromatic heterocycles. The van der Waals surface area contributed by atoms with Crippen LogP contribution < -0.4 is 0 Å². The maximum absolute atomic E-state index is 13.3. The van der Waals surface area contributed by atoms with Gasteiger partial charge in [0.05, 0.1) is 24.2 Å². The highest BCUT2D eigenvalue weighted by molar-refractivity contribution is 5.88. The summed E-state index contributed by atoms with van der Waals surface area (Å²) in [6.45, 7) is 5.81. The number of carbonyl (C=O) groups is 2. The van der Waals surface area contributed by atoms with E-state index in [1.54, 1.807) is 18.6 Å². The first kappa shape index (κ1) is 20.2. The zero-order valence-corrected chi connectivity index (χ0v) is 19.0. The third-order valence-corrected chi connectivity index (χ3v) is 9.61. The zero-order valence-electron chi connectivity index (χ0n) is 19.0. The lowest BCUT2D eigenvalue weighted by Gasteiger charge is -2.39. The van der Waals surface area contributed by atoms with Gasteiger partial charge in [-0.3, -0.25) is 4.79 Å². The normalized spacial score (nSPS) is 53.0. The van der Waals surface area contributed by atoms with E-state index in [0.717, 1.165) is 12.0 Å². The average molecular weight is 456 g/mol. The molecular formula is C25H28O8. The Hall–Kier alpha value is -2.16. The summed E-state index contributed by atoms with van der Waals surface area (Å²) in [7, 11) is 0. The highest BCUT2D eigenvalue weighted by atomic mass is 16.7. The predicted octanol–water partition coefficient (Wildman–Crippen LogP) is 2.95. The molecule has 1 spiro atoms. The number of cyclic esters (lactones) is 2. The average Bonchev–Trinajstić information content (AvgIpc) is 3.20. The molecule has 2 aliphatic carbocycles. The van der Waals surface area contributed by atoms with Gasteiger partial charge in [-0.05, 0) is 52.2 Å². The molecule has 8 nitrogen and oxygen atoms in total. The van der Waals surface area contributed by atoms with Gasteiger partial charge < -0.3 is 28.5 Å². The molecule has 6 aliphatic rings. The molecule has 0 aromatic carbocycles. The van der Waals surface area contributed by atoms with Gasteiger partial charge in [0.15, 0.2) is 5.79 Å². The number of ether oxygens (including phenoxy) is 4. The molecule has 176 valence electrons. The third kappa shape index (κ3) is 2.14. The number of furan rings is 1. The van der Waals surface area contributed by atoms with E-state index in [0.29, 0.717) is 19.3 Å². The van der Waals surface area contributed by atoms with Crippen molar-refractivity contribution >= 4 is 11.9 Å². The van der Waals surface area contributed by atoms with E-state index in [2.05, 4.69) is 0 Å². The molecule has 0 amide bonds. The van der Waals surface area contributed by atoms with Crippen molar-refractivity contribution in [2.45, 2.75) is 87.7 Å². The predicted molar refractivity (Wildman–Crippen MR) is 110 cm³/mol. The lowest BCUT2D eigenvalue weighted by molar-refractivity contribution is -0.240. The molecule has 4 aliphatic heterocycles. The van der Waals surface area contributed by atoms with Crippen molar-refractivity contribution < 1.29 is 38.1 Å². The Balaban J connectivity index is 1.24. The highest BCUT2D eigenvalue weighted by Crippen LogP contribution is 2.85. The smallest absolute Gasteiger partial charge is 0.331 e. The van der Waals surface area contributed by atoms with Crippen LogP contribution in [0.1, 0.15) is 64.5 Å². The molecule has 5 fully saturated rings. The summed E-state index contributed by atoms with van der Waals surface area (Å²) in [5, 5.41) is 12.2. The summed E-state index contributed by atoms with van der Waals surface area (Å²) in [6.07, 6.45) is 8.06. The number of rotatable bonds is 2. The summed E-state index contributed by atoms with van der Waals surface area (Å²) < 4.78 is 29.8. The van der Waals surface area contributed by atoms with Crippen LogP contribution in [0.25, 0.3) is 0 Å². The van der Waals surface area contributed by atoms with Gasteiger partial charge >= 0.3 is 11.9 Å². The summed E-state index contributed by atoms with van der Waals surface area (Å²) in [4.78, 5) is 25.2. The quantitative estimate of drug-likeness (QED) is 0.678. The molecule has 33 heavy (non-hydrogen) atoms.